The Hall–Kier alpha value is -2.57. The van der Waals surface area contributed by atoms with Gasteiger partial charge >= 0.3 is 0 Å². The summed E-state index contributed by atoms with van der Waals surface area (Å²) < 4.78 is 11.2. The maximum atomic E-state index is 14.1. The predicted octanol–water partition coefficient (Wildman–Crippen LogP) is 4.67. The van der Waals surface area contributed by atoms with Crippen LogP contribution in [0, 0.1) is 0 Å². The number of methoxy groups -OCH3 is 2. The summed E-state index contributed by atoms with van der Waals surface area (Å²) in [5, 5.41) is 10.1. The normalized spacial score (nSPS) is 19.6. The van der Waals surface area contributed by atoms with E-state index < -0.39 is 0 Å². The summed E-state index contributed by atoms with van der Waals surface area (Å²) in [5.74, 6) is 1.64. The molecule has 33 heavy (non-hydrogen) atoms. The molecule has 0 bridgehead atoms. The Morgan fingerprint density at radius 1 is 0.818 bits per heavy atom. The van der Waals surface area contributed by atoms with Gasteiger partial charge in [-0.3, -0.25) is 14.6 Å². The van der Waals surface area contributed by atoms with E-state index in [1.807, 2.05) is 12.1 Å². The van der Waals surface area contributed by atoms with Crippen LogP contribution in [-0.4, -0.2) is 67.1 Å². The first kappa shape index (κ1) is 23.6. The number of carbonyl (C=O) groups is 1. The van der Waals surface area contributed by atoms with E-state index >= 15 is 0 Å². The van der Waals surface area contributed by atoms with Gasteiger partial charge in [-0.05, 0) is 81.7 Å². The van der Waals surface area contributed by atoms with Gasteiger partial charge in [-0.15, -0.1) is 0 Å². The van der Waals surface area contributed by atoms with E-state index in [1.54, 1.807) is 32.4 Å². The first-order valence-corrected chi connectivity index (χ1v) is 12.1. The number of ether oxygens (including phenoxy) is 2. The van der Waals surface area contributed by atoms with E-state index in [9.17, 15) is 9.90 Å². The van der Waals surface area contributed by atoms with Crippen molar-refractivity contribution in [2.24, 2.45) is 0 Å². The van der Waals surface area contributed by atoms with Gasteiger partial charge in [-0.1, -0.05) is 25.0 Å². The van der Waals surface area contributed by atoms with Gasteiger partial charge in [0, 0.05) is 11.6 Å². The molecule has 2 aromatic rings. The van der Waals surface area contributed by atoms with Crippen molar-refractivity contribution in [1.29, 1.82) is 0 Å². The lowest BCUT2D eigenvalue weighted by molar-refractivity contribution is 0.0424. The van der Waals surface area contributed by atoms with Gasteiger partial charge in [0.15, 0.2) is 5.78 Å². The first-order valence-electron chi connectivity index (χ1n) is 12.1. The van der Waals surface area contributed by atoms with Crippen LogP contribution in [0.3, 0.4) is 0 Å². The van der Waals surface area contributed by atoms with Crippen LogP contribution in [0.2, 0.25) is 0 Å². The molecule has 2 saturated heterocycles. The second-order valence-corrected chi connectivity index (χ2v) is 9.14. The molecule has 0 aromatic heterocycles. The van der Waals surface area contributed by atoms with Crippen LogP contribution in [-0.2, 0) is 0 Å². The third kappa shape index (κ3) is 5.50. The fourth-order valence-electron chi connectivity index (χ4n) is 5.32. The van der Waals surface area contributed by atoms with E-state index in [4.69, 9.17) is 9.47 Å². The zero-order valence-corrected chi connectivity index (χ0v) is 19.8. The number of Topliss-reactive ketones (excluding diaryl/α,β-unsaturated/α-hetero) is 1. The molecule has 1 N–H and O–H groups in total. The molecule has 0 amide bonds. The number of hydrogen-bond donors (Lipinski definition) is 1. The van der Waals surface area contributed by atoms with Gasteiger partial charge < -0.3 is 14.6 Å². The van der Waals surface area contributed by atoms with Crippen LogP contribution in [0.25, 0.3) is 0 Å². The third-order valence-corrected chi connectivity index (χ3v) is 6.98. The van der Waals surface area contributed by atoms with Crippen LogP contribution in [0.1, 0.15) is 60.5 Å². The molecule has 2 heterocycles. The Morgan fingerprint density at radius 2 is 1.39 bits per heavy atom. The zero-order chi connectivity index (χ0) is 23.2. The molecule has 6 heteroatoms. The van der Waals surface area contributed by atoms with Crippen LogP contribution in [0.15, 0.2) is 42.5 Å². The second-order valence-electron chi connectivity index (χ2n) is 9.14. The highest BCUT2D eigenvalue weighted by atomic mass is 16.5. The number of carbonyl (C=O) groups excluding carboxylic acids is 1. The third-order valence-electron chi connectivity index (χ3n) is 6.98. The van der Waals surface area contributed by atoms with Crippen molar-refractivity contribution in [3.8, 4) is 17.2 Å². The van der Waals surface area contributed by atoms with Crippen LogP contribution in [0.4, 0.5) is 0 Å². The predicted molar refractivity (Wildman–Crippen MR) is 129 cm³/mol. The molecule has 2 aromatic carbocycles. The maximum absolute atomic E-state index is 14.1. The smallest absolute Gasteiger partial charge is 0.182 e. The highest BCUT2D eigenvalue weighted by Crippen LogP contribution is 2.37. The summed E-state index contributed by atoms with van der Waals surface area (Å²) in [6.07, 6.45) is 6.87. The largest absolute Gasteiger partial charge is 0.508 e. The highest BCUT2D eigenvalue weighted by Gasteiger charge is 2.40. The highest BCUT2D eigenvalue weighted by molar-refractivity contribution is 6.01. The fourth-order valence-corrected chi connectivity index (χ4v) is 5.32. The standard InChI is InChI=1S/C27H36N2O4/c1-32-23-17-21(18-24(19-23)33-2)25(28-12-5-3-6-13-28)26(29-14-7-4-8-15-29)27(31)20-10-9-11-22(30)16-20/h9-11,16-19,25-26,30H,3-8,12-15H2,1-2H3. The van der Waals surface area contributed by atoms with Gasteiger partial charge in [-0.2, -0.15) is 0 Å². The number of nitrogens with zero attached hydrogens (tertiary/aromatic N) is 2. The Labute approximate surface area is 197 Å². The zero-order valence-electron chi connectivity index (χ0n) is 19.8. The van der Waals surface area contributed by atoms with Crippen molar-refractivity contribution >= 4 is 5.78 Å². The van der Waals surface area contributed by atoms with Crippen LogP contribution in [0.5, 0.6) is 17.2 Å². The average molecular weight is 453 g/mol. The average Bonchev–Trinajstić information content (AvgIpc) is 2.87. The molecule has 2 aliphatic rings. The number of hydrogen-bond acceptors (Lipinski definition) is 6. The number of rotatable bonds is 8. The molecular weight excluding hydrogens is 416 g/mol. The molecule has 2 atom stereocenters. The van der Waals surface area contributed by atoms with E-state index in [2.05, 4.69) is 21.9 Å². The Kier molecular flexibility index (Phi) is 7.89. The van der Waals surface area contributed by atoms with Crippen molar-refractivity contribution in [1.82, 2.24) is 9.80 Å². The van der Waals surface area contributed by atoms with E-state index in [0.717, 1.165) is 68.9 Å². The van der Waals surface area contributed by atoms with Gasteiger partial charge in [-0.25, -0.2) is 0 Å². The lowest BCUT2D eigenvalue weighted by atomic mass is 9.87. The summed E-state index contributed by atoms with van der Waals surface area (Å²) in [4.78, 5) is 19.0. The van der Waals surface area contributed by atoms with Crippen molar-refractivity contribution in [3.05, 3.63) is 53.6 Å². The van der Waals surface area contributed by atoms with Crippen molar-refractivity contribution < 1.29 is 19.4 Å². The van der Waals surface area contributed by atoms with Crippen molar-refractivity contribution in [3.63, 3.8) is 0 Å². The number of benzene rings is 2. The minimum Gasteiger partial charge on any atom is -0.508 e. The van der Waals surface area contributed by atoms with E-state index in [1.165, 1.54) is 12.8 Å². The topological polar surface area (TPSA) is 62.2 Å². The Bertz CT molecular complexity index is 913. The number of aromatic hydroxyl groups is 1. The number of piperidine rings is 2. The monoisotopic (exact) mass is 452 g/mol. The summed E-state index contributed by atoms with van der Waals surface area (Å²) in [7, 11) is 3.32. The quantitative estimate of drug-likeness (QED) is 0.587. The Morgan fingerprint density at radius 3 is 1.94 bits per heavy atom. The Balaban J connectivity index is 1.83. The van der Waals surface area contributed by atoms with Crippen LogP contribution < -0.4 is 9.47 Å². The maximum Gasteiger partial charge on any atom is 0.182 e. The van der Waals surface area contributed by atoms with Gasteiger partial charge in [0.05, 0.1) is 26.3 Å². The summed E-state index contributed by atoms with van der Waals surface area (Å²) in [6.45, 7) is 3.73. The number of phenolic OH excluding ortho intramolecular Hbond substituents is 1. The molecule has 4 rings (SSSR count). The van der Waals surface area contributed by atoms with Crippen molar-refractivity contribution in [2.45, 2.75) is 50.6 Å². The summed E-state index contributed by atoms with van der Waals surface area (Å²) in [5.41, 5.74) is 1.60. The minimum atomic E-state index is -0.345. The molecule has 2 unspecified atom stereocenters. The van der Waals surface area contributed by atoms with Crippen LogP contribution >= 0.6 is 0 Å². The fraction of sp³-hybridized carbons (Fsp3) is 0.519. The molecule has 2 fully saturated rings. The molecule has 0 aliphatic carbocycles. The lowest BCUT2D eigenvalue weighted by Crippen LogP contribution is -2.53. The lowest BCUT2D eigenvalue weighted by Gasteiger charge is -2.44. The summed E-state index contributed by atoms with van der Waals surface area (Å²) >= 11 is 0. The molecular formula is C27H36N2O4. The molecule has 0 radical (unpaired) electrons. The molecule has 6 nitrogen and oxygen atoms in total. The minimum absolute atomic E-state index is 0.0603. The van der Waals surface area contributed by atoms with Gasteiger partial charge in [0.25, 0.3) is 0 Å². The molecule has 0 saturated carbocycles. The number of likely N-dealkylation sites (tertiary alicyclic amines) is 2. The van der Waals surface area contributed by atoms with Gasteiger partial charge in [0.2, 0.25) is 0 Å². The summed E-state index contributed by atoms with van der Waals surface area (Å²) in [6, 6.07) is 12.3. The second kappa shape index (κ2) is 11.0. The number of phenols is 1. The molecule has 0 spiro atoms. The first-order chi connectivity index (χ1) is 16.1. The van der Waals surface area contributed by atoms with E-state index in [-0.39, 0.29) is 23.6 Å². The molecule has 2 aliphatic heterocycles. The SMILES string of the molecule is COc1cc(OC)cc(C(C(C(=O)c2cccc(O)c2)N2CCCCC2)N2CCCCC2)c1. The molecule has 178 valence electrons. The van der Waals surface area contributed by atoms with Gasteiger partial charge in [0.1, 0.15) is 17.2 Å². The number of ketones is 1. The van der Waals surface area contributed by atoms with E-state index in [0.29, 0.717) is 5.56 Å². The van der Waals surface area contributed by atoms with Crippen molar-refractivity contribution in [2.75, 3.05) is 40.4 Å².